The Labute approximate surface area is 130 Å². The molecule has 0 radical (unpaired) electrons. The molecular formula is C16H22ClN3O. The van der Waals surface area contributed by atoms with E-state index in [2.05, 4.69) is 17.2 Å². The minimum Gasteiger partial charge on any atom is -0.497 e. The van der Waals surface area contributed by atoms with Gasteiger partial charge in [0.25, 0.3) is 0 Å². The molecule has 0 fully saturated rings. The maximum absolute atomic E-state index is 6.26. The van der Waals surface area contributed by atoms with Gasteiger partial charge in [-0.25, -0.2) is 0 Å². The number of methoxy groups -OCH3 is 1. The average Bonchev–Trinajstić information content (AvgIpc) is 2.72. The molecule has 5 heteroatoms. The predicted octanol–water partition coefficient (Wildman–Crippen LogP) is 2.89. The Morgan fingerprint density at radius 1 is 1.33 bits per heavy atom. The highest BCUT2D eigenvalue weighted by Gasteiger charge is 2.14. The molecule has 21 heavy (non-hydrogen) atoms. The number of aromatic nitrogens is 2. The zero-order chi connectivity index (χ0) is 15.4. The van der Waals surface area contributed by atoms with Crippen molar-refractivity contribution in [2.24, 2.45) is 12.8 Å². The minimum atomic E-state index is 0.0689. The van der Waals surface area contributed by atoms with Gasteiger partial charge in [-0.1, -0.05) is 23.7 Å². The Morgan fingerprint density at radius 2 is 2.00 bits per heavy atom. The van der Waals surface area contributed by atoms with Crippen LogP contribution in [0.5, 0.6) is 5.75 Å². The Kier molecular flexibility index (Phi) is 5.26. The van der Waals surface area contributed by atoms with E-state index in [1.807, 2.05) is 30.8 Å². The number of rotatable bonds is 6. The normalized spacial score (nSPS) is 12.4. The summed E-state index contributed by atoms with van der Waals surface area (Å²) in [6.07, 6.45) is 2.60. The van der Waals surface area contributed by atoms with E-state index in [0.717, 1.165) is 41.4 Å². The summed E-state index contributed by atoms with van der Waals surface area (Å²) in [4.78, 5) is 0. The number of nitrogens with zero attached hydrogens (tertiary/aromatic N) is 2. The Balaban J connectivity index is 1.90. The van der Waals surface area contributed by atoms with Gasteiger partial charge in [0.05, 0.1) is 23.5 Å². The number of hydrogen-bond acceptors (Lipinski definition) is 3. The van der Waals surface area contributed by atoms with Gasteiger partial charge in [0.2, 0.25) is 0 Å². The van der Waals surface area contributed by atoms with Gasteiger partial charge in [-0.2, -0.15) is 5.10 Å². The van der Waals surface area contributed by atoms with Gasteiger partial charge in [-0.3, -0.25) is 4.68 Å². The number of aryl methyl sites for hydroxylation is 3. The molecule has 0 aliphatic heterocycles. The topological polar surface area (TPSA) is 53.1 Å². The molecule has 0 amide bonds. The van der Waals surface area contributed by atoms with E-state index in [1.165, 1.54) is 5.56 Å². The van der Waals surface area contributed by atoms with Crippen molar-refractivity contribution >= 4 is 11.6 Å². The van der Waals surface area contributed by atoms with E-state index < -0.39 is 0 Å². The highest BCUT2D eigenvalue weighted by molar-refractivity contribution is 6.31. The van der Waals surface area contributed by atoms with Crippen molar-refractivity contribution in [3.63, 3.8) is 0 Å². The molecule has 2 rings (SSSR count). The highest BCUT2D eigenvalue weighted by atomic mass is 35.5. The minimum absolute atomic E-state index is 0.0689. The van der Waals surface area contributed by atoms with Crippen molar-refractivity contribution in [1.82, 2.24) is 9.78 Å². The van der Waals surface area contributed by atoms with Crippen LogP contribution in [0.1, 0.15) is 23.4 Å². The summed E-state index contributed by atoms with van der Waals surface area (Å²) in [6.45, 7) is 1.91. The fraction of sp³-hybridized carbons (Fsp3) is 0.438. The zero-order valence-corrected chi connectivity index (χ0v) is 13.5. The lowest BCUT2D eigenvalue weighted by atomic mass is 10.0. The summed E-state index contributed by atoms with van der Waals surface area (Å²) < 4.78 is 6.98. The largest absolute Gasteiger partial charge is 0.497 e. The third-order valence-electron chi connectivity index (χ3n) is 3.68. The molecule has 0 saturated carbocycles. The summed E-state index contributed by atoms with van der Waals surface area (Å²) in [5.74, 6) is 0.875. The number of ether oxygens (including phenoxy) is 1. The van der Waals surface area contributed by atoms with Crippen LogP contribution in [0, 0.1) is 6.92 Å². The first kappa shape index (κ1) is 15.9. The van der Waals surface area contributed by atoms with Crippen LogP contribution in [0.2, 0.25) is 5.02 Å². The second kappa shape index (κ2) is 6.96. The Morgan fingerprint density at radius 3 is 2.52 bits per heavy atom. The third-order valence-corrected chi connectivity index (χ3v) is 4.17. The SMILES string of the molecule is COc1ccc(CCC(N)Cc2c(Cl)c(C)nn2C)cc1. The maximum Gasteiger partial charge on any atom is 0.118 e. The zero-order valence-electron chi connectivity index (χ0n) is 12.8. The van der Waals surface area contributed by atoms with Crippen molar-refractivity contribution in [3.05, 3.63) is 46.2 Å². The van der Waals surface area contributed by atoms with E-state index in [0.29, 0.717) is 0 Å². The molecule has 114 valence electrons. The van der Waals surface area contributed by atoms with Crippen molar-refractivity contribution < 1.29 is 4.74 Å². The second-order valence-electron chi connectivity index (χ2n) is 5.32. The molecule has 1 heterocycles. The van der Waals surface area contributed by atoms with Gasteiger partial charge in [0.15, 0.2) is 0 Å². The van der Waals surface area contributed by atoms with Gasteiger partial charge in [-0.15, -0.1) is 0 Å². The lowest BCUT2D eigenvalue weighted by Gasteiger charge is -2.12. The lowest BCUT2D eigenvalue weighted by Crippen LogP contribution is -2.25. The lowest BCUT2D eigenvalue weighted by molar-refractivity contribution is 0.414. The van der Waals surface area contributed by atoms with Gasteiger partial charge in [0, 0.05) is 19.5 Å². The molecule has 0 saturated heterocycles. The van der Waals surface area contributed by atoms with Crippen molar-refractivity contribution in [1.29, 1.82) is 0 Å². The van der Waals surface area contributed by atoms with Crippen LogP contribution in [0.4, 0.5) is 0 Å². The van der Waals surface area contributed by atoms with Crippen LogP contribution in [0.3, 0.4) is 0 Å². The summed E-state index contributed by atoms with van der Waals surface area (Å²) in [6, 6.07) is 8.17. The fourth-order valence-electron chi connectivity index (χ4n) is 2.40. The molecule has 1 aromatic heterocycles. The van der Waals surface area contributed by atoms with Crippen molar-refractivity contribution in [2.45, 2.75) is 32.2 Å². The third kappa shape index (κ3) is 3.99. The molecule has 4 nitrogen and oxygen atoms in total. The van der Waals surface area contributed by atoms with Crippen molar-refractivity contribution in [3.8, 4) is 5.75 Å². The number of benzene rings is 1. The highest BCUT2D eigenvalue weighted by Crippen LogP contribution is 2.21. The van der Waals surface area contributed by atoms with Crippen LogP contribution in [-0.4, -0.2) is 22.9 Å². The molecule has 1 unspecified atom stereocenters. The van der Waals surface area contributed by atoms with E-state index in [4.69, 9.17) is 22.1 Å². The number of hydrogen-bond donors (Lipinski definition) is 1. The first-order valence-corrected chi connectivity index (χ1v) is 7.45. The van der Waals surface area contributed by atoms with Crippen LogP contribution in [0.25, 0.3) is 0 Å². The molecule has 0 spiro atoms. The molecule has 0 aliphatic carbocycles. The quantitative estimate of drug-likeness (QED) is 0.893. The van der Waals surface area contributed by atoms with Gasteiger partial charge in [-0.05, 0) is 37.5 Å². The molecule has 1 aromatic carbocycles. The van der Waals surface area contributed by atoms with Crippen LogP contribution >= 0.6 is 11.6 Å². The standard InChI is InChI=1S/C16H22ClN3O/c1-11-16(17)15(20(2)19-11)10-13(18)7-4-12-5-8-14(21-3)9-6-12/h5-6,8-9,13H,4,7,10,18H2,1-3H3. The summed E-state index contributed by atoms with van der Waals surface area (Å²) in [7, 11) is 3.58. The molecule has 1 atom stereocenters. The summed E-state index contributed by atoms with van der Waals surface area (Å²) in [5, 5.41) is 5.05. The van der Waals surface area contributed by atoms with Gasteiger partial charge in [0.1, 0.15) is 5.75 Å². The van der Waals surface area contributed by atoms with Crippen molar-refractivity contribution in [2.75, 3.05) is 7.11 Å². The smallest absolute Gasteiger partial charge is 0.118 e. The molecule has 2 N–H and O–H groups in total. The summed E-state index contributed by atoms with van der Waals surface area (Å²) >= 11 is 6.26. The van der Waals surface area contributed by atoms with E-state index in [-0.39, 0.29) is 6.04 Å². The molecular weight excluding hydrogens is 286 g/mol. The average molecular weight is 308 g/mol. The first-order chi connectivity index (χ1) is 10.0. The summed E-state index contributed by atoms with van der Waals surface area (Å²) in [5.41, 5.74) is 9.36. The predicted molar refractivity (Wildman–Crippen MR) is 85.9 cm³/mol. The van der Waals surface area contributed by atoms with Crippen LogP contribution in [-0.2, 0) is 19.9 Å². The Bertz CT molecular complexity index is 592. The maximum atomic E-state index is 6.26. The van der Waals surface area contributed by atoms with Gasteiger partial charge < -0.3 is 10.5 Å². The van der Waals surface area contributed by atoms with Crippen LogP contribution in [0.15, 0.2) is 24.3 Å². The number of nitrogens with two attached hydrogens (primary N) is 1. The van der Waals surface area contributed by atoms with E-state index in [9.17, 15) is 0 Å². The first-order valence-electron chi connectivity index (χ1n) is 7.07. The monoisotopic (exact) mass is 307 g/mol. The molecule has 2 aromatic rings. The molecule has 0 bridgehead atoms. The fourth-order valence-corrected chi connectivity index (χ4v) is 2.63. The molecule has 0 aliphatic rings. The van der Waals surface area contributed by atoms with E-state index in [1.54, 1.807) is 7.11 Å². The van der Waals surface area contributed by atoms with E-state index >= 15 is 0 Å². The Hall–Kier alpha value is -1.52. The van der Waals surface area contributed by atoms with Crippen LogP contribution < -0.4 is 10.5 Å². The van der Waals surface area contributed by atoms with Gasteiger partial charge >= 0.3 is 0 Å². The number of halogens is 1. The second-order valence-corrected chi connectivity index (χ2v) is 5.70.